The topological polar surface area (TPSA) is 116 Å². The molecule has 0 heterocycles. The highest BCUT2D eigenvalue weighted by atomic mass is 32.2. The number of carboxylic acid groups (broad SMARTS) is 1. The summed E-state index contributed by atoms with van der Waals surface area (Å²) < 4.78 is 24.6. The molecule has 2 aliphatic carbocycles. The molecule has 2 saturated carbocycles. The minimum atomic E-state index is -3.55. The van der Waals surface area contributed by atoms with Crippen LogP contribution < -0.4 is 10.0 Å². The van der Waals surface area contributed by atoms with Gasteiger partial charge in [0.05, 0.1) is 6.54 Å². The van der Waals surface area contributed by atoms with E-state index in [9.17, 15) is 18.0 Å². The lowest BCUT2D eigenvalue weighted by Gasteiger charge is -2.42. The average Bonchev–Trinajstić information content (AvgIpc) is 3.15. The molecule has 8 nitrogen and oxygen atoms in total. The first-order valence-electron chi connectivity index (χ1n) is 7.45. The second kappa shape index (κ2) is 6.93. The van der Waals surface area contributed by atoms with Crippen LogP contribution in [0.3, 0.4) is 0 Å². The molecule has 0 radical (unpaired) electrons. The van der Waals surface area contributed by atoms with Crippen LogP contribution in [0.25, 0.3) is 0 Å². The largest absolute Gasteiger partial charge is 0.480 e. The number of rotatable bonds is 9. The maximum atomic E-state index is 11.6. The van der Waals surface area contributed by atoms with Crippen LogP contribution in [0.1, 0.15) is 25.7 Å². The van der Waals surface area contributed by atoms with Gasteiger partial charge in [0, 0.05) is 18.6 Å². The van der Waals surface area contributed by atoms with Gasteiger partial charge in [0.2, 0.25) is 15.9 Å². The lowest BCUT2D eigenvalue weighted by Crippen LogP contribution is -2.56. The van der Waals surface area contributed by atoms with Crippen molar-refractivity contribution in [2.45, 2.75) is 37.8 Å². The SMILES string of the molecule is CNS(=O)(=O)CC(=O)NC1CC(N(CC(=O)O)CC2CC2)C1. The Balaban J connectivity index is 1.75. The maximum Gasteiger partial charge on any atom is 0.317 e. The van der Waals surface area contributed by atoms with Crippen LogP contribution in [0, 0.1) is 5.92 Å². The smallest absolute Gasteiger partial charge is 0.317 e. The number of sulfonamides is 1. The summed E-state index contributed by atoms with van der Waals surface area (Å²) in [4.78, 5) is 24.5. The zero-order valence-electron chi connectivity index (χ0n) is 12.6. The molecule has 2 aliphatic rings. The van der Waals surface area contributed by atoms with E-state index in [1.807, 2.05) is 4.90 Å². The number of amides is 1. The van der Waals surface area contributed by atoms with Crippen LogP contribution in [0.2, 0.25) is 0 Å². The summed E-state index contributed by atoms with van der Waals surface area (Å²) in [5.74, 6) is -1.34. The van der Waals surface area contributed by atoms with Gasteiger partial charge >= 0.3 is 5.97 Å². The number of nitrogens with one attached hydrogen (secondary N) is 2. The predicted molar refractivity (Wildman–Crippen MR) is 79.7 cm³/mol. The quantitative estimate of drug-likeness (QED) is 0.497. The Morgan fingerprint density at radius 1 is 1.27 bits per heavy atom. The highest BCUT2D eigenvalue weighted by Gasteiger charge is 2.37. The van der Waals surface area contributed by atoms with E-state index in [2.05, 4.69) is 10.0 Å². The van der Waals surface area contributed by atoms with Gasteiger partial charge in [-0.25, -0.2) is 13.1 Å². The molecule has 0 aromatic rings. The van der Waals surface area contributed by atoms with Crippen molar-refractivity contribution in [3.05, 3.63) is 0 Å². The standard InChI is InChI=1S/C13H23N3O5S/c1-14-22(20,21)8-12(17)15-10-4-11(5-10)16(7-13(18)19)6-9-2-3-9/h9-11,14H,2-8H2,1H3,(H,15,17)(H,18,19). The molecule has 0 bridgehead atoms. The molecule has 0 unspecified atom stereocenters. The highest BCUT2D eigenvalue weighted by molar-refractivity contribution is 7.90. The van der Waals surface area contributed by atoms with Crippen molar-refractivity contribution < 1.29 is 23.1 Å². The molecule has 0 aliphatic heterocycles. The van der Waals surface area contributed by atoms with Gasteiger partial charge in [-0.2, -0.15) is 0 Å². The summed E-state index contributed by atoms with van der Waals surface area (Å²) in [6.07, 6.45) is 3.66. The van der Waals surface area contributed by atoms with Gasteiger partial charge in [0.25, 0.3) is 0 Å². The summed E-state index contributed by atoms with van der Waals surface area (Å²) in [6.45, 7) is 0.821. The Bertz CT molecular complexity index is 526. The van der Waals surface area contributed by atoms with E-state index >= 15 is 0 Å². The number of carbonyl (C=O) groups is 2. The molecular formula is C13H23N3O5S. The van der Waals surface area contributed by atoms with Crippen molar-refractivity contribution in [3.63, 3.8) is 0 Å². The first-order valence-corrected chi connectivity index (χ1v) is 9.10. The van der Waals surface area contributed by atoms with Gasteiger partial charge in [-0.3, -0.25) is 14.5 Å². The Kier molecular flexibility index (Phi) is 5.41. The lowest BCUT2D eigenvalue weighted by atomic mass is 9.85. The van der Waals surface area contributed by atoms with E-state index in [0.717, 1.165) is 19.4 Å². The third-order valence-corrected chi connectivity index (χ3v) is 5.42. The van der Waals surface area contributed by atoms with Crippen molar-refractivity contribution in [2.24, 2.45) is 5.92 Å². The normalized spacial score (nSPS) is 24.8. The first kappa shape index (κ1) is 17.2. The highest BCUT2D eigenvalue weighted by Crippen LogP contribution is 2.33. The molecule has 0 atom stereocenters. The molecule has 126 valence electrons. The van der Waals surface area contributed by atoms with Gasteiger partial charge in [0.1, 0.15) is 5.75 Å². The summed E-state index contributed by atoms with van der Waals surface area (Å²) >= 11 is 0. The Morgan fingerprint density at radius 2 is 1.91 bits per heavy atom. The van der Waals surface area contributed by atoms with Crippen LogP contribution in [-0.4, -0.2) is 68.3 Å². The number of nitrogens with zero attached hydrogens (tertiary/aromatic N) is 1. The molecule has 0 aromatic heterocycles. The average molecular weight is 333 g/mol. The van der Waals surface area contributed by atoms with Crippen LogP contribution in [0.5, 0.6) is 0 Å². The van der Waals surface area contributed by atoms with E-state index in [1.165, 1.54) is 7.05 Å². The Morgan fingerprint density at radius 3 is 2.41 bits per heavy atom. The number of hydrogen-bond acceptors (Lipinski definition) is 5. The number of carbonyl (C=O) groups excluding carboxylic acids is 1. The fourth-order valence-corrected chi connectivity index (χ4v) is 3.24. The zero-order valence-corrected chi connectivity index (χ0v) is 13.4. The van der Waals surface area contributed by atoms with Crippen molar-refractivity contribution in [1.82, 2.24) is 14.9 Å². The molecule has 9 heteroatoms. The van der Waals surface area contributed by atoms with Crippen LogP contribution >= 0.6 is 0 Å². The Labute approximate surface area is 130 Å². The van der Waals surface area contributed by atoms with Crippen LogP contribution in [0.4, 0.5) is 0 Å². The van der Waals surface area contributed by atoms with Crippen LogP contribution in [0.15, 0.2) is 0 Å². The molecule has 22 heavy (non-hydrogen) atoms. The first-order chi connectivity index (χ1) is 10.3. The van der Waals surface area contributed by atoms with Crippen LogP contribution in [-0.2, 0) is 19.6 Å². The molecule has 0 aromatic carbocycles. The molecule has 3 N–H and O–H groups in total. The van der Waals surface area contributed by atoms with Crippen molar-refractivity contribution in [3.8, 4) is 0 Å². The van der Waals surface area contributed by atoms with Gasteiger partial charge < -0.3 is 10.4 Å². The minimum Gasteiger partial charge on any atom is -0.480 e. The third kappa shape index (κ3) is 5.22. The van der Waals surface area contributed by atoms with Gasteiger partial charge in [0.15, 0.2) is 0 Å². The van der Waals surface area contributed by atoms with E-state index in [1.54, 1.807) is 0 Å². The third-order valence-electron chi connectivity index (χ3n) is 4.15. The van der Waals surface area contributed by atoms with Gasteiger partial charge in [-0.1, -0.05) is 0 Å². The monoisotopic (exact) mass is 333 g/mol. The number of aliphatic carboxylic acids is 1. The minimum absolute atomic E-state index is 0.0238. The second-order valence-corrected chi connectivity index (χ2v) is 8.05. The Hall–Kier alpha value is -1.19. The summed E-state index contributed by atoms with van der Waals surface area (Å²) in [6, 6.07) is 0.0861. The van der Waals surface area contributed by atoms with Crippen molar-refractivity contribution >= 4 is 21.9 Å². The summed E-state index contributed by atoms with van der Waals surface area (Å²) in [5, 5.41) is 11.6. The molecule has 2 fully saturated rings. The second-order valence-electron chi connectivity index (χ2n) is 6.12. The van der Waals surface area contributed by atoms with E-state index in [4.69, 9.17) is 5.11 Å². The van der Waals surface area contributed by atoms with E-state index < -0.39 is 27.7 Å². The van der Waals surface area contributed by atoms with Crippen molar-refractivity contribution in [2.75, 3.05) is 25.9 Å². The zero-order chi connectivity index (χ0) is 16.3. The van der Waals surface area contributed by atoms with E-state index in [-0.39, 0.29) is 18.6 Å². The predicted octanol–water partition coefficient (Wildman–Crippen LogP) is -1.02. The summed E-state index contributed by atoms with van der Waals surface area (Å²) in [7, 11) is -2.28. The van der Waals surface area contributed by atoms with Crippen molar-refractivity contribution in [1.29, 1.82) is 0 Å². The fourth-order valence-electron chi connectivity index (χ4n) is 2.67. The molecular weight excluding hydrogens is 310 g/mol. The molecule has 0 spiro atoms. The van der Waals surface area contributed by atoms with E-state index in [0.29, 0.717) is 18.8 Å². The van der Waals surface area contributed by atoms with Gasteiger partial charge in [-0.15, -0.1) is 0 Å². The maximum absolute atomic E-state index is 11.6. The van der Waals surface area contributed by atoms with Gasteiger partial charge in [-0.05, 0) is 38.6 Å². The molecule has 0 saturated heterocycles. The fraction of sp³-hybridized carbons (Fsp3) is 0.846. The summed E-state index contributed by atoms with van der Waals surface area (Å²) in [5.41, 5.74) is 0. The lowest BCUT2D eigenvalue weighted by molar-refractivity contribution is -0.140. The number of carboxylic acids is 1. The molecule has 2 rings (SSSR count). The number of hydrogen-bond donors (Lipinski definition) is 3. The molecule has 1 amide bonds.